The van der Waals surface area contributed by atoms with Crippen molar-refractivity contribution in [3.05, 3.63) is 74.1 Å². The van der Waals surface area contributed by atoms with Crippen LogP contribution < -0.4 is 4.74 Å². The summed E-state index contributed by atoms with van der Waals surface area (Å²) in [6.45, 7) is 6.38. The smallest absolute Gasteiger partial charge is 0.264 e. The maximum absolute atomic E-state index is 13.6. The van der Waals surface area contributed by atoms with Crippen molar-refractivity contribution in [3.63, 3.8) is 0 Å². The number of thiophene rings is 2. The predicted octanol–water partition coefficient (Wildman–Crippen LogP) is 5.62. The number of methoxy groups -OCH3 is 1. The van der Waals surface area contributed by atoms with E-state index < -0.39 is 0 Å². The second-order valence-electron chi connectivity index (χ2n) is 9.24. The van der Waals surface area contributed by atoms with Crippen LogP contribution >= 0.6 is 22.7 Å². The molecule has 0 saturated heterocycles. The molecule has 2 aromatic heterocycles. The fourth-order valence-electron chi connectivity index (χ4n) is 4.46. The number of hydrogen-bond donors (Lipinski definition) is 0. The molecule has 0 spiro atoms. The van der Waals surface area contributed by atoms with E-state index in [2.05, 4.69) is 37.4 Å². The Balaban J connectivity index is 1.49. The number of nitrogens with zero attached hydrogens (tertiary/aromatic N) is 2. The van der Waals surface area contributed by atoms with Crippen LogP contribution in [0.25, 0.3) is 0 Å². The first-order chi connectivity index (χ1) is 17.5. The highest BCUT2D eigenvalue weighted by Gasteiger charge is 2.33. The van der Waals surface area contributed by atoms with Crippen LogP contribution in [0.2, 0.25) is 0 Å². The molecule has 1 atom stereocenters. The number of ether oxygens (including phenoxy) is 2. The largest absolute Gasteiger partial charge is 0.491 e. The third-order valence-electron chi connectivity index (χ3n) is 6.49. The summed E-state index contributed by atoms with van der Waals surface area (Å²) in [5, 5.41) is 3.96. The Morgan fingerprint density at radius 3 is 2.61 bits per heavy atom. The molecule has 0 saturated carbocycles. The van der Waals surface area contributed by atoms with Crippen molar-refractivity contribution in [3.8, 4) is 5.75 Å². The van der Waals surface area contributed by atoms with Crippen LogP contribution in [0.15, 0.2) is 53.2 Å². The Labute approximate surface area is 221 Å². The highest BCUT2D eigenvalue weighted by atomic mass is 32.1. The standard InChI is InChI=1S/C28H34N2O4S2/c1-20(2)21-7-9-22(10-8-21)34-19-24-23-12-17-36-25(23)11-14-30(24)27(31)18-29(13-5-15-33-3)28(32)26-6-4-16-35-26/h4,6-10,12,16-17,20,24H,5,11,13-15,18-19H2,1-3H3/t24-/m0/s1. The van der Waals surface area contributed by atoms with Crippen molar-refractivity contribution in [1.82, 2.24) is 9.80 Å². The van der Waals surface area contributed by atoms with Crippen molar-refractivity contribution < 1.29 is 19.1 Å². The molecule has 0 unspecified atom stereocenters. The van der Waals surface area contributed by atoms with Crippen LogP contribution in [0.1, 0.15) is 57.9 Å². The van der Waals surface area contributed by atoms with Crippen LogP contribution in [0.3, 0.4) is 0 Å². The number of carbonyl (C=O) groups excluding carboxylic acids is 2. The molecule has 3 aromatic rings. The number of hydrogen-bond acceptors (Lipinski definition) is 6. The molecular formula is C28H34N2O4S2. The number of carbonyl (C=O) groups is 2. The van der Waals surface area contributed by atoms with Crippen LogP contribution in [0, 0.1) is 0 Å². The van der Waals surface area contributed by atoms with E-state index in [9.17, 15) is 9.59 Å². The molecule has 8 heteroatoms. The molecular weight excluding hydrogens is 492 g/mol. The summed E-state index contributed by atoms with van der Waals surface area (Å²) in [4.78, 5) is 32.3. The van der Waals surface area contributed by atoms with Gasteiger partial charge in [-0.15, -0.1) is 22.7 Å². The fourth-order valence-corrected chi connectivity index (χ4v) is 6.08. The average Bonchev–Trinajstić information content (AvgIpc) is 3.59. The van der Waals surface area contributed by atoms with Crippen molar-refractivity contribution in [2.75, 3.05) is 40.0 Å². The fraction of sp³-hybridized carbons (Fsp3) is 0.429. The number of rotatable bonds is 11. The molecule has 1 aliphatic heterocycles. The molecule has 3 heterocycles. The molecule has 36 heavy (non-hydrogen) atoms. The maximum atomic E-state index is 13.6. The van der Waals surface area contributed by atoms with E-state index in [1.54, 1.807) is 29.4 Å². The number of amides is 2. The third kappa shape index (κ3) is 6.35. The van der Waals surface area contributed by atoms with Gasteiger partial charge >= 0.3 is 0 Å². The molecule has 0 fully saturated rings. The van der Waals surface area contributed by atoms with Crippen LogP contribution in [0.5, 0.6) is 5.75 Å². The Hall–Kier alpha value is -2.68. The summed E-state index contributed by atoms with van der Waals surface area (Å²) in [6.07, 6.45) is 1.50. The lowest BCUT2D eigenvalue weighted by Crippen LogP contribution is -2.48. The lowest BCUT2D eigenvalue weighted by Gasteiger charge is -2.37. The van der Waals surface area contributed by atoms with Crippen molar-refractivity contribution >= 4 is 34.5 Å². The van der Waals surface area contributed by atoms with E-state index in [4.69, 9.17) is 9.47 Å². The van der Waals surface area contributed by atoms with E-state index in [-0.39, 0.29) is 24.4 Å². The first-order valence-electron chi connectivity index (χ1n) is 12.4. The van der Waals surface area contributed by atoms with Crippen LogP contribution in [-0.4, -0.2) is 61.6 Å². The molecule has 0 radical (unpaired) electrons. The first kappa shape index (κ1) is 26.4. The van der Waals surface area contributed by atoms with Gasteiger partial charge in [-0.05, 0) is 64.9 Å². The van der Waals surface area contributed by atoms with Crippen molar-refractivity contribution in [1.29, 1.82) is 0 Å². The summed E-state index contributed by atoms with van der Waals surface area (Å²) in [6, 6.07) is 13.8. The van der Waals surface area contributed by atoms with Crippen LogP contribution in [0.4, 0.5) is 0 Å². The first-order valence-corrected chi connectivity index (χ1v) is 14.1. The SMILES string of the molecule is COCCCN(CC(=O)N1CCc2sccc2[C@@H]1COc1ccc(C(C)C)cc1)C(=O)c1cccs1. The van der Waals surface area contributed by atoms with Gasteiger partial charge in [0.2, 0.25) is 5.91 Å². The van der Waals surface area contributed by atoms with Gasteiger partial charge < -0.3 is 19.3 Å². The van der Waals surface area contributed by atoms with Crippen molar-refractivity contribution in [2.24, 2.45) is 0 Å². The normalized spacial score (nSPS) is 15.1. The van der Waals surface area contributed by atoms with Gasteiger partial charge in [0.25, 0.3) is 5.91 Å². The van der Waals surface area contributed by atoms with Gasteiger partial charge in [-0.2, -0.15) is 0 Å². The number of benzene rings is 1. The van der Waals surface area contributed by atoms with Crippen molar-refractivity contribution in [2.45, 2.75) is 38.6 Å². The minimum absolute atomic E-state index is 0.0412. The second-order valence-corrected chi connectivity index (χ2v) is 11.2. The van der Waals surface area contributed by atoms with E-state index >= 15 is 0 Å². The summed E-state index contributed by atoms with van der Waals surface area (Å²) < 4.78 is 11.4. The Morgan fingerprint density at radius 1 is 1.11 bits per heavy atom. The summed E-state index contributed by atoms with van der Waals surface area (Å²) in [7, 11) is 1.64. The lowest BCUT2D eigenvalue weighted by atomic mass is 10.00. The van der Waals surface area contributed by atoms with Gasteiger partial charge in [-0.3, -0.25) is 9.59 Å². The Morgan fingerprint density at radius 2 is 1.92 bits per heavy atom. The van der Waals surface area contributed by atoms with E-state index in [0.717, 1.165) is 17.7 Å². The van der Waals surface area contributed by atoms with Gasteiger partial charge in [-0.25, -0.2) is 0 Å². The molecule has 4 rings (SSSR count). The van der Waals surface area contributed by atoms with Gasteiger partial charge in [0, 0.05) is 31.7 Å². The zero-order chi connectivity index (χ0) is 25.5. The summed E-state index contributed by atoms with van der Waals surface area (Å²) in [5.41, 5.74) is 2.41. The van der Waals surface area contributed by atoms with Gasteiger partial charge in [0.15, 0.2) is 0 Å². The van der Waals surface area contributed by atoms with E-state index in [1.165, 1.54) is 21.8 Å². The predicted molar refractivity (Wildman–Crippen MR) is 145 cm³/mol. The molecule has 0 bridgehead atoms. The molecule has 192 valence electrons. The molecule has 1 aromatic carbocycles. The Bertz CT molecular complexity index is 1120. The molecule has 0 N–H and O–H groups in total. The van der Waals surface area contributed by atoms with Gasteiger partial charge in [0.1, 0.15) is 18.9 Å². The second kappa shape index (κ2) is 12.5. The minimum atomic E-state index is -0.185. The van der Waals surface area contributed by atoms with Gasteiger partial charge in [0.05, 0.1) is 10.9 Å². The molecule has 6 nitrogen and oxygen atoms in total. The van der Waals surface area contributed by atoms with Crippen LogP contribution in [-0.2, 0) is 16.0 Å². The quantitative estimate of drug-likeness (QED) is 0.305. The zero-order valence-corrected chi connectivity index (χ0v) is 22.8. The average molecular weight is 527 g/mol. The summed E-state index contributed by atoms with van der Waals surface area (Å²) >= 11 is 3.13. The van der Waals surface area contributed by atoms with E-state index in [1.807, 2.05) is 28.5 Å². The molecule has 2 amide bonds. The monoisotopic (exact) mass is 526 g/mol. The zero-order valence-electron chi connectivity index (χ0n) is 21.1. The molecule has 0 aliphatic carbocycles. The number of fused-ring (bicyclic) bond motifs is 1. The summed E-state index contributed by atoms with van der Waals surface area (Å²) in [5.74, 6) is 1.09. The van der Waals surface area contributed by atoms with E-state index in [0.29, 0.717) is 43.5 Å². The maximum Gasteiger partial charge on any atom is 0.264 e. The van der Waals surface area contributed by atoms with Gasteiger partial charge in [-0.1, -0.05) is 32.0 Å². The highest BCUT2D eigenvalue weighted by molar-refractivity contribution is 7.12. The minimum Gasteiger partial charge on any atom is -0.491 e. The lowest BCUT2D eigenvalue weighted by molar-refractivity contribution is -0.135. The topological polar surface area (TPSA) is 59.1 Å². The third-order valence-corrected chi connectivity index (χ3v) is 8.35. The highest BCUT2D eigenvalue weighted by Crippen LogP contribution is 2.34. The Kier molecular flexibility index (Phi) is 9.18. The molecule has 1 aliphatic rings.